The molecule has 1 aromatic heterocycles. The number of carboxylic acid groups (broad SMARTS) is 1. The maximum Gasteiger partial charge on any atom is 0.407 e. The van der Waals surface area contributed by atoms with E-state index in [0.717, 1.165) is 46.5 Å². The molecule has 10 nitrogen and oxygen atoms in total. The summed E-state index contributed by atoms with van der Waals surface area (Å²) in [4.78, 5) is 32.0. The molecule has 52 heavy (non-hydrogen) atoms. The van der Waals surface area contributed by atoms with E-state index in [1.807, 2.05) is 56.3 Å². The van der Waals surface area contributed by atoms with Crippen LogP contribution in [0, 0.1) is 5.92 Å². The van der Waals surface area contributed by atoms with Crippen molar-refractivity contribution < 1.29 is 29.3 Å². The summed E-state index contributed by atoms with van der Waals surface area (Å²) in [7, 11) is 3.17. The van der Waals surface area contributed by atoms with Gasteiger partial charge in [0.2, 0.25) is 11.8 Å². The number of hydrogen-bond acceptors (Lipinski definition) is 7. The molecule has 2 aliphatic rings. The molecule has 0 aliphatic carbocycles. The molecule has 1 fully saturated rings. The van der Waals surface area contributed by atoms with Crippen molar-refractivity contribution in [3.8, 4) is 45.1 Å². The van der Waals surface area contributed by atoms with Gasteiger partial charge in [-0.05, 0) is 48.1 Å². The van der Waals surface area contributed by atoms with Gasteiger partial charge in [0.15, 0.2) is 0 Å². The van der Waals surface area contributed by atoms with E-state index in [1.165, 1.54) is 17.6 Å². The number of hydrogen-bond donors (Lipinski definition) is 3. The minimum Gasteiger partial charge on any atom is -0.496 e. The summed E-state index contributed by atoms with van der Waals surface area (Å²) in [6, 6.07) is 19.1. The molecule has 0 bridgehead atoms. The van der Waals surface area contributed by atoms with Crippen molar-refractivity contribution in [1.29, 1.82) is 0 Å². The number of nitrogens with one attached hydrogen (secondary N) is 1. The second kappa shape index (κ2) is 16.1. The zero-order chi connectivity index (χ0) is 37.1. The maximum absolute atomic E-state index is 12.1. The summed E-state index contributed by atoms with van der Waals surface area (Å²) >= 11 is 14.3. The molecule has 12 heteroatoms. The van der Waals surface area contributed by atoms with E-state index in [-0.39, 0.29) is 42.9 Å². The SMILES string of the molecule is COc1cc(-c2cccc(-c3cccc(-c4ccc(CN(C[C@@H]5CCC(=O)N5)C(=O)O)c(OC)n4)c3Cl)c2Cl)cc2c1CN(CC(O)C(C)C)CC2. The lowest BCUT2D eigenvalue weighted by Gasteiger charge is -2.32. The van der Waals surface area contributed by atoms with Crippen molar-refractivity contribution in [1.82, 2.24) is 20.1 Å². The lowest BCUT2D eigenvalue weighted by molar-refractivity contribution is -0.119. The van der Waals surface area contributed by atoms with Gasteiger partial charge in [-0.3, -0.25) is 9.69 Å². The van der Waals surface area contributed by atoms with Gasteiger partial charge in [0, 0.05) is 72.0 Å². The fourth-order valence-electron chi connectivity index (χ4n) is 6.97. The van der Waals surface area contributed by atoms with Gasteiger partial charge in [0.05, 0.1) is 42.6 Å². The van der Waals surface area contributed by atoms with E-state index < -0.39 is 6.09 Å². The summed E-state index contributed by atoms with van der Waals surface area (Å²) < 4.78 is 11.5. The molecule has 2 amide bonds. The number of pyridine rings is 1. The Hall–Kier alpha value is -4.35. The van der Waals surface area contributed by atoms with E-state index in [9.17, 15) is 19.8 Å². The number of carbonyl (C=O) groups is 2. The highest BCUT2D eigenvalue weighted by molar-refractivity contribution is 6.39. The van der Waals surface area contributed by atoms with E-state index in [1.54, 1.807) is 19.2 Å². The highest BCUT2D eigenvalue weighted by Gasteiger charge is 2.27. The monoisotopic (exact) mass is 746 g/mol. The number of fused-ring (bicyclic) bond motifs is 1. The largest absolute Gasteiger partial charge is 0.496 e. The third-order valence-corrected chi connectivity index (χ3v) is 10.8. The van der Waals surface area contributed by atoms with E-state index in [4.69, 9.17) is 37.7 Å². The van der Waals surface area contributed by atoms with Crippen LogP contribution < -0.4 is 14.8 Å². The minimum absolute atomic E-state index is 0.0430. The van der Waals surface area contributed by atoms with Gasteiger partial charge >= 0.3 is 6.09 Å². The third-order valence-electron chi connectivity index (χ3n) is 9.98. The lowest BCUT2D eigenvalue weighted by Crippen LogP contribution is -2.41. The van der Waals surface area contributed by atoms with Crippen molar-refractivity contribution in [2.24, 2.45) is 5.92 Å². The molecule has 3 heterocycles. The third kappa shape index (κ3) is 8.00. The van der Waals surface area contributed by atoms with Crippen LogP contribution in [0.3, 0.4) is 0 Å². The maximum atomic E-state index is 12.1. The molecular weight excluding hydrogens is 703 g/mol. The number of amides is 2. The lowest BCUT2D eigenvalue weighted by atomic mass is 9.91. The van der Waals surface area contributed by atoms with E-state index in [0.29, 0.717) is 52.8 Å². The molecular formula is C40H44Cl2N4O6. The first kappa shape index (κ1) is 37.4. The predicted octanol–water partition coefficient (Wildman–Crippen LogP) is 7.54. The van der Waals surface area contributed by atoms with E-state index in [2.05, 4.69) is 16.3 Å². The van der Waals surface area contributed by atoms with Gasteiger partial charge in [0.1, 0.15) is 5.75 Å². The van der Waals surface area contributed by atoms with Gasteiger partial charge in [-0.15, -0.1) is 0 Å². The van der Waals surface area contributed by atoms with Crippen LogP contribution in [0.25, 0.3) is 33.5 Å². The number of aliphatic hydroxyl groups excluding tert-OH is 1. The Bertz CT molecular complexity index is 1950. The topological polar surface area (TPSA) is 124 Å². The molecule has 3 aromatic carbocycles. The molecule has 2 atom stereocenters. The summed E-state index contributed by atoms with van der Waals surface area (Å²) in [5.41, 5.74) is 7.42. The number of aromatic nitrogens is 1. The standard InChI is InChI=1S/C40H44Cl2N4O6/c1-23(2)34(47)22-45-16-15-24-17-26(18-35(51-3)32(24)21-45)28-7-5-8-29(37(28)41)30-9-6-10-31(38(30)42)33-13-11-25(39(44-33)52-4)19-46(40(49)50)20-27-12-14-36(48)43-27/h5-11,13,17-18,23,27,34,47H,12,14-16,19-22H2,1-4H3,(H,43,48)(H,49,50)/t27-,34?/m0/s1. The van der Waals surface area contributed by atoms with Crippen LogP contribution in [-0.2, 0) is 24.3 Å². The predicted molar refractivity (Wildman–Crippen MR) is 203 cm³/mol. The Kier molecular flexibility index (Phi) is 11.6. The number of methoxy groups -OCH3 is 2. The number of carbonyl (C=O) groups excluding carboxylic acids is 1. The number of ether oxygens (including phenoxy) is 2. The molecule has 4 aromatic rings. The number of aliphatic hydroxyl groups is 1. The molecule has 1 unspecified atom stereocenters. The van der Waals surface area contributed by atoms with Crippen molar-refractivity contribution in [3.63, 3.8) is 0 Å². The van der Waals surface area contributed by atoms with Gasteiger partial charge < -0.3 is 29.9 Å². The average molecular weight is 748 g/mol. The number of nitrogens with zero attached hydrogens (tertiary/aromatic N) is 3. The van der Waals surface area contributed by atoms with Gasteiger partial charge in [0.25, 0.3) is 0 Å². The summed E-state index contributed by atoms with van der Waals surface area (Å²) in [6.45, 7) is 6.44. The number of rotatable bonds is 12. The quantitative estimate of drug-likeness (QED) is 0.136. The van der Waals surface area contributed by atoms with Crippen LogP contribution >= 0.6 is 23.2 Å². The van der Waals surface area contributed by atoms with Gasteiger partial charge in [-0.1, -0.05) is 79.5 Å². The Labute approximate surface area is 314 Å². The van der Waals surface area contributed by atoms with Crippen LogP contribution in [0.4, 0.5) is 4.79 Å². The van der Waals surface area contributed by atoms with Crippen molar-refractivity contribution in [2.45, 2.75) is 58.3 Å². The number of halogens is 2. The first-order chi connectivity index (χ1) is 25.0. The summed E-state index contributed by atoms with van der Waals surface area (Å²) in [5.74, 6) is 1.19. The molecule has 0 radical (unpaired) electrons. The molecule has 274 valence electrons. The van der Waals surface area contributed by atoms with E-state index >= 15 is 0 Å². The Morgan fingerprint density at radius 1 is 1.00 bits per heavy atom. The second-order valence-corrected chi connectivity index (χ2v) is 14.5. The van der Waals surface area contributed by atoms with Crippen molar-refractivity contribution in [3.05, 3.63) is 87.4 Å². The normalized spacial score (nSPS) is 16.4. The minimum atomic E-state index is -1.10. The Morgan fingerprint density at radius 3 is 2.33 bits per heavy atom. The Balaban J connectivity index is 1.28. The molecule has 0 spiro atoms. The first-order valence-electron chi connectivity index (χ1n) is 17.5. The summed E-state index contributed by atoms with van der Waals surface area (Å²) in [6.07, 6.45) is 0.327. The zero-order valence-electron chi connectivity index (χ0n) is 29.8. The fourth-order valence-corrected chi connectivity index (χ4v) is 7.63. The molecule has 3 N–H and O–H groups in total. The Morgan fingerprint density at radius 2 is 1.69 bits per heavy atom. The second-order valence-electron chi connectivity index (χ2n) is 13.8. The molecule has 6 rings (SSSR count). The van der Waals surface area contributed by atoms with Crippen molar-refractivity contribution in [2.75, 3.05) is 33.9 Å². The van der Waals surface area contributed by atoms with Crippen molar-refractivity contribution >= 4 is 35.2 Å². The zero-order valence-corrected chi connectivity index (χ0v) is 31.3. The average Bonchev–Trinajstić information content (AvgIpc) is 3.55. The first-order valence-corrected chi connectivity index (χ1v) is 18.2. The van der Waals surface area contributed by atoms with Gasteiger partial charge in [-0.2, -0.15) is 0 Å². The van der Waals surface area contributed by atoms with Crippen LogP contribution in [0.5, 0.6) is 11.6 Å². The molecule has 1 saturated heterocycles. The number of β-amino-alcohol motifs (C(OH)–C–C–N with tert-alkyl or cyclic N) is 1. The smallest absolute Gasteiger partial charge is 0.407 e. The van der Waals surface area contributed by atoms with Crippen LogP contribution in [0.15, 0.2) is 60.7 Å². The van der Waals surface area contributed by atoms with Crippen LogP contribution in [0.2, 0.25) is 10.0 Å². The molecule has 0 saturated carbocycles. The highest BCUT2D eigenvalue weighted by Crippen LogP contribution is 2.44. The van der Waals surface area contributed by atoms with Gasteiger partial charge in [-0.25, -0.2) is 9.78 Å². The summed E-state index contributed by atoms with van der Waals surface area (Å²) in [5, 5.41) is 24.2. The van der Waals surface area contributed by atoms with Crippen LogP contribution in [-0.4, -0.2) is 83.0 Å². The molecule has 2 aliphatic heterocycles. The highest BCUT2D eigenvalue weighted by atomic mass is 35.5. The number of benzene rings is 3. The fraction of sp³-hybridized carbons (Fsp3) is 0.375. The van der Waals surface area contributed by atoms with Crippen LogP contribution in [0.1, 0.15) is 43.4 Å².